The van der Waals surface area contributed by atoms with Crippen molar-refractivity contribution in [2.75, 3.05) is 7.11 Å². The number of hydrogen-bond acceptors (Lipinski definition) is 3. The molecule has 2 atom stereocenters. The maximum Gasteiger partial charge on any atom is 0.243 e. The molecule has 2 unspecified atom stereocenters. The Morgan fingerprint density at radius 2 is 1.93 bits per heavy atom. The third-order valence-electron chi connectivity index (χ3n) is 6.15. The molecule has 0 bridgehead atoms. The zero-order chi connectivity index (χ0) is 18.8. The number of benzene rings is 2. The van der Waals surface area contributed by atoms with Crippen LogP contribution in [-0.2, 0) is 11.2 Å². The predicted octanol–water partition coefficient (Wildman–Crippen LogP) is 4.19. The van der Waals surface area contributed by atoms with Crippen molar-refractivity contribution < 1.29 is 9.53 Å². The standard InChI is InChI=1S/C23H24N2O2/c1-23(2)14-21(26)24-20(11-15-7-5-4-6-8-15)19-12-16-9-10-17(27-3)13-18(16)22(19)25(23)24/h4-11,13,19,22H,12,14H2,1-3H3/b20-11+. The van der Waals surface area contributed by atoms with Crippen molar-refractivity contribution in [3.63, 3.8) is 0 Å². The van der Waals surface area contributed by atoms with Gasteiger partial charge in [-0.25, -0.2) is 5.01 Å². The van der Waals surface area contributed by atoms with E-state index in [1.165, 1.54) is 11.1 Å². The van der Waals surface area contributed by atoms with E-state index >= 15 is 0 Å². The second kappa shape index (κ2) is 5.70. The predicted molar refractivity (Wildman–Crippen MR) is 105 cm³/mol. The number of ether oxygens (including phenoxy) is 1. The molecule has 0 aromatic heterocycles. The van der Waals surface area contributed by atoms with E-state index < -0.39 is 0 Å². The first-order valence-corrected chi connectivity index (χ1v) is 9.55. The van der Waals surface area contributed by atoms with Crippen LogP contribution in [0.3, 0.4) is 0 Å². The zero-order valence-corrected chi connectivity index (χ0v) is 16.0. The van der Waals surface area contributed by atoms with Crippen molar-refractivity contribution in [2.24, 2.45) is 5.92 Å². The summed E-state index contributed by atoms with van der Waals surface area (Å²) in [7, 11) is 1.71. The van der Waals surface area contributed by atoms with Crippen molar-refractivity contribution in [3.05, 3.63) is 70.9 Å². The Morgan fingerprint density at radius 3 is 2.67 bits per heavy atom. The first kappa shape index (κ1) is 16.6. The van der Waals surface area contributed by atoms with Gasteiger partial charge in [-0.1, -0.05) is 36.4 Å². The second-order valence-corrected chi connectivity index (χ2v) is 8.34. The Balaban J connectivity index is 1.67. The van der Waals surface area contributed by atoms with Crippen molar-refractivity contribution in [1.82, 2.24) is 10.0 Å². The lowest BCUT2D eigenvalue weighted by Crippen LogP contribution is -2.43. The molecule has 27 heavy (non-hydrogen) atoms. The van der Waals surface area contributed by atoms with E-state index in [1.54, 1.807) is 7.11 Å². The number of hydrogen-bond donors (Lipinski definition) is 0. The highest BCUT2D eigenvalue weighted by atomic mass is 16.5. The summed E-state index contributed by atoms with van der Waals surface area (Å²) >= 11 is 0. The maximum absolute atomic E-state index is 13.0. The van der Waals surface area contributed by atoms with Gasteiger partial charge in [-0.15, -0.1) is 0 Å². The van der Waals surface area contributed by atoms with Gasteiger partial charge in [-0.2, -0.15) is 5.01 Å². The number of carbonyl (C=O) groups is 1. The van der Waals surface area contributed by atoms with Crippen LogP contribution in [0.15, 0.2) is 54.2 Å². The molecule has 5 rings (SSSR count). The van der Waals surface area contributed by atoms with Crippen molar-refractivity contribution in [3.8, 4) is 5.75 Å². The fourth-order valence-electron chi connectivity index (χ4n) is 5.03. The first-order chi connectivity index (χ1) is 13.0. The number of hydrazine groups is 1. The highest BCUT2D eigenvalue weighted by Gasteiger charge is 2.59. The van der Waals surface area contributed by atoms with Crippen LogP contribution in [-0.4, -0.2) is 28.6 Å². The number of amides is 1. The minimum atomic E-state index is -0.197. The SMILES string of the molecule is COc1ccc2c(c1)C1C(C2)/C(=C\c2ccccc2)N2C(=O)CC(C)(C)N12. The number of nitrogens with zero attached hydrogens (tertiary/aromatic N) is 2. The van der Waals surface area contributed by atoms with E-state index in [-0.39, 0.29) is 23.4 Å². The Labute approximate surface area is 160 Å². The summed E-state index contributed by atoms with van der Waals surface area (Å²) in [5.41, 5.74) is 4.72. The molecule has 2 aromatic carbocycles. The smallest absolute Gasteiger partial charge is 0.243 e. The number of fused-ring (bicyclic) bond motifs is 5. The monoisotopic (exact) mass is 360 g/mol. The molecule has 0 saturated carbocycles. The van der Waals surface area contributed by atoms with Gasteiger partial charge in [0.25, 0.3) is 0 Å². The van der Waals surface area contributed by atoms with E-state index in [9.17, 15) is 4.79 Å². The molecule has 2 aromatic rings. The van der Waals surface area contributed by atoms with Crippen LogP contribution >= 0.6 is 0 Å². The second-order valence-electron chi connectivity index (χ2n) is 8.34. The molecule has 4 nitrogen and oxygen atoms in total. The molecular weight excluding hydrogens is 336 g/mol. The maximum atomic E-state index is 13.0. The highest BCUT2D eigenvalue weighted by Crippen LogP contribution is 2.57. The molecule has 2 heterocycles. The van der Waals surface area contributed by atoms with Gasteiger partial charge in [0, 0.05) is 23.6 Å². The van der Waals surface area contributed by atoms with E-state index in [0.717, 1.165) is 23.4 Å². The lowest BCUT2D eigenvalue weighted by molar-refractivity contribution is -0.134. The molecule has 138 valence electrons. The molecule has 0 N–H and O–H groups in total. The van der Waals surface area contributed by atoms with Crippen LogP contribution in [0.25, 0.3) is 6.08 Å². The molecule has 2 aliphatic heterocycles. The van der Waals surface area contributed by atoms with Gasteiger partial charge < -0.3 is 4.74 Å². The summed E-state index contributed by atoms with van der Waals surface area (Å²) in [6.07, 6.45) is 3.70. The summed E-state index contributed by atoms with van der Waals surface area (Å²) in [5, 5.41) is 4.28. The van der Waals surface area contributed by atoms with Crippen LogP contribution < -0.4 is 4.74 Å². The van der Waals surface area contributed by atoms with Crippen LogP contribution in [0.1, 0.15) is 43.0 Å². The molecule has 1 aliphatic carbocycles. The van der Waals surface area contributed by atoms with E-state index in [1.807, 2.05) is 29.3 Å². The summed E-state index contributed by atoms with van der Waals surface area (Å²) in [5.74, 6) is 1.36. The van der Waals surface area contributed by atoms with Gasteiger partial charge in [-0.3, -0.25) is 4.79 Å². The molecule has 2 saturated heterocycles. The largest absolute Gasteiger partial charge is 0.497 e. The topological polar surface area (TPSA) is 32.8 Å². The van der Waals surface area contributed by atoms with Crippen molar-refractivity contribution in [2.45, 2.75) is 38.3 Å². The fraction of sp³-hybridized carbons (Fsp3) is 0.348. The molecule has 3 aliphatic rings. The minimum absolute atomic E-state index is 0.187. The molecule has 2 fully saturated rings. The van der Waals surface area contributed by atoms with E-state index in [4.69, 9.17) is 4.74 Å². The third-order valence-corrected chi connectivity index (χ3v) is 6.15. The Hall–Kier alpha value is -2.59. The number of methoxy groups -OCH3 is 1. The molecule has 4 heteroatoms. The molecule has 1 amide bonds. The van der Waals surface area contributed by atoms with Crippen LogP contribution in [0.2, 0.25) is 0 Å². The number of carbonyl (C=O) groups excluding carboxylic acids is 1. The van der Waals surface area contributed by atoms with Crippen LogP contribution in [0.4, 0.5) is 0 Å². The summed E-state index contributed by atoms with van der Waals surface area (Å²) in [6.45, 7) is 4.34. The van der Waals surface area contributed by atoms with Gasteiger partial charge in [0.05, 0.1) is 13.2 Å². The summed E-state index contributed by atoms with van der Waals surface area (Å²) in [4.78, 5) is 13.0. The lowest BCUT2D eigenvalue weighted by Gasteiger charge is -2.35. The highest BCUT2D eigenvalue weighted by molar-refractivity contribution is 5.83. The normalized spacial score (nSPS) is 27.0. The van der Waals surface area contributed by atoms with Crippen molar-refractivity contribution >= 4 is 12.0 Å². The third kappa shape index (κ3) is 2.36. The Bertz CT molecular complexity index is 948. The summed E-state index contributed by atoms with van der Waals surface area (Å²) in [6, 6.07) is 16.9. The quantitative estimate of drug-likeness (QED) is 0.805. The van der Waals surface area contributed by atoms with E-state index in [2.05, 4.69) is 49.2 Å². The van der Waals surface area contributed by atoms with Gasteiger partial charge >= 0.3 is 0 Å². The summed E-state index contributed by atoms with van der Waals surface area (Å²) < 4.78 is 5.48. The van der Waals surface area contributed by atoms with E-state index in [0.29, 0.717) is 6.42 Å². The fourth-order valence-corrected chi connectivity index (χ4v) is 5.03. The van der Waals surface area contributed by atoms with Gasteiger partial charge in [0.1, 0.15) is 5.75 Å². The molecule has 0 spiro atoms. The lowest BCUT2D eigenvalue weighted by atomic mass is 9.92. The average Bonchev–Trinajstić information content (AvgIpc) is 3.24. The van der Waals surface area contributed by atoms with Gasteiger partial charge in [0.15, 0.2) is 0 Å². The number of rotatable bonds is 2. The first-order valence-electron chi connectivity index (χ1n) is 9.55. The Kier molecular flexibility index (Phi) is 3.50. The van der Waals surface area contributed by atoms with Gasteiger partial charge in [-0.05, 0) is 55.2 Å². The van der Waals surface area contributed by atoms with Crippen molar-refractivity contribution in [1.29, 1.82) is 0 Å². The van der Waals surface area contributed by atoms with Crippen LogP contribution in [0, 0.1) is 5.92 Å². The zero-order valence-electron chi connectivity index (χ0n) is 16.0. The Morgan fingerprint density at radius 1 is 1.15 bits per heavy atom. The average molecular weight is 360 g/mol. The minimum Gasteiger partial charge on any atom is -0.497 e. The van der Waals surface area contributed by atoms with Crippen LogP contribution in [0.5, 0.6) is 5.75 Å². The molecule has 0 radical (unpaired) electrons. The molecular formula is C23H24N2O2. The van der Waals surface area contributed by atoms with Gasteiger partial charge in [0.2, 0.25) is 5.91 Å².